The van der Waals surface area contributed by atoms with Gasteiger partial charge in [0.25, 0.3) is 0 Å². The highest BCUT2D eigenvalue weighted by Crippen LogP contribution is 1.84. The van der Waals surface area contributed by atoms with Crippen molar-refractivity contribution in [2.24, 2.45) is 5.73 Å². The zero-order valence-corrected chi connectivity index (χ0v) is 5.93. The second kappa shape index (κ2) is 6.01. The van der Waals surface area contributed by atoms with Crippen molar-refractivity contribution < 1.29 is 5.11 Å². The molecule has 0 saturated heterocycles. The fourth-order valence-corrected chi connectivity index (χ4v) is 0.515. The summed E-state index contributed by atoms with van der Waals surface area (Å²) in [5.41, 5.74) is 5.21. The molecule has 56 valence electrons. The van der Waals surface area contributed by atoms with Crippen LogP contribution in [0.15, 0.2) is 0 Å². The van der Waals surface area contributed by atoms with Gasteiger partial charge in [-0.05, 0) is 6.42 Å². The summed E-state index contributed by atoms with van der Waals surface area (Å²) in [5, 5.41) is 12.0. The quantitative estimate of drug-likeness (QED) is 0.434. The van der Waals surface area contributed by atoms with Gasteiger partial charge in [-0.25, -0.2) is 0 Å². The summed E-state index contributed by atoms with van der Waals surface area (Å²) < 4.78 is 0. The van der Waals surface area contributed by atoms with Crippen LogP contribution >= 0.6 is 0 Å². The molecule has 3 nitrogen and oxygen atoms in total. The van der Waals surface area contributed by atoms with Crippen molar-refractivity contribution in [3.8, 4) is 0 Å². The van der Waals surface area contributed by atoms with Crippen molar-refractivity contribution in [1.82, 2.24) is 5.32 Å². The maximum Gasteiger partial charge on any atom is 0.0662 e. The van der Waals surface area contributed by atoms with Crippen molar-refractivity contribution in [2.75, 3.05) is 19.6 Å². The van der Waals surface area contributed by atoms with Gasteiger partial charge < -0.3 is 16.2 Å². The normalized spacial score (nSPS) is 13.7. The molecule has 0 fully saturated rings. The molecule has 0 aliphatic heterocycles. The molecule has 0 aliphatic carbocycles. The van der Waals surface area contributed by atoms with E-state index in [1.165, 1.54) is 0 Å². The Morgan fingerprint density at radius 2 is 2.33 bits per heavy atom. The fourth-order valence-electron chi connectivity index (χ4n) is 0.515. The van der Waals surface area contributed by atoms with Gasteiger partial charge in [-0.3, -0.25) is 0 Å². The van der Waals surface area contributed by atoms with Gasteiger partial charge in [-0.2, -0.15) is 0 Å². The average Bonchev–Trinajstić information content (AvgIpc) is 1.89. The molecule has 0 aliphatic rings. The first-order valence-corrected chi connectivity index (χ1v) is 3.40. The number of hydrogen-bond acceptors (Lipinski definition) is 3. The van der Waals surface area contributed by atoms with E-state index in [2.05, 4.69) is 5.32 Å². The number of nitrogens with one attached hydrogen (secondary N) is 1. The zero-order chi connectivity index (χ0) is 7.11. The van der Waals surface area contributed by atoms with Crippen molar-refractivity contribution >= 4 is 0 Å². The minimum atomic E-state index is -0.212. The summed E-state index contributed by atoms with van der Waals surface area (Å²) >= 11 is 0. The van der Waals surface area contributed by atoms with Crippen molar-refractivity contribution in [2.45, 2.75) is 19.4 Å². The Morgan fingerprint density at radius 3 is 2.78 bits per heavy atom. The summed E-state index contributed by atoms with van der Waals surface area (Å²) in [7, 11) is 0. The lowest BCUT2D eigenvalue weighted by Crippen LogP contribution is -2.30. The predicted molar refractivity (Wildman–Crippen MR) is 38.2 cm³/mol. The molecule has 3 heteroatoms. The second-order valence-electron chi connectivity index (χ2n) is 2.05. The molecule has 0 aromatic carbocycles. The van der Waals surface area contributed by atoms with Crippen molar-refractivity contribution in [3.63, 3.8) is 0 Å². The van der Waals surface area contributed by atoms with Crippen molar-refractivity contribution in [1.29, 1.82) is 0 Å². The molecule has 0 spiro atoms. The highest BCUT2D eigenvalue weighted by molar-refractivity contribution is 4.55. The van der Waals surface area contributed by atoms with E-state index in [4.69, 9.17) is 10.8 Å². The first kappa shape index (κ1) is 8.88. The van der Waals surface area contributed by atoms with Crippen LogP contribution in [-0.4, -0.2) is 30.8 Å². The molecule has 0 bridgehead atoms. The Bertz CT molecular complexity index is 59.0. The van der Waals surface area contributed by atoms with Gasteiger partial charge in [0.05, 0.1) is 6.10 Å². The van der Waals surface area contributed by atoms with Gasteiger partial charge in [0.2, 0.25) is 0 Å². The van der Waals surface area contributed by atoms with Gasteiger partial charge in [0.15, 0.2) is 0 Å². The molecule has 0 amide bonds. The molecule has 0 aromatic heterocycles. The van der Waals surface area contributed by atoms with Crippen LogP contribution in [0.4, 0.5) is 0 Å². The van der Waals surface area contributed by atoms with E-state index in [0.717, 1.165) is 13.0 Å². The molecule has 1 unspecified atom stereocenters. The third-order valence-electron chi connectivity index (χ3n) is 1.17. The van der Waals surface area contributed by atoms with Crippen molar-refractivity contribution in [3.05, 3.63) is 0 Å². The topological polar surface area (TPSA) is 58.3 Å². The van der Waals surface area contributed by atoms with E-state index in [-0.39, 0.29) is 6.10 Å². The monoisotopic (exact) mass is 132 g/mol. The lowest BCUT2D eigenvalue weighted by atomic mass is 10.3. The first-order valence-electron chi connectivity index (χ1n) is 3.40. The average molecular weight is 132 g/mol. The molecule has 4 N–H and O–H groups in total. The summed E-state index contributed by atoms with van der Waals surface area (Å²) in [4.78, 5) is 0. The molecule has 0 heterocycles. The molecule has 0 aromatic rings. The molecule has 0 rings (SSSR count). The largest absolute Gasteiger partial charge is 0.392 e. The SMILES string of the molecule is CCC(O)CNCCN. The van der Waals surface area contributed by atoms with Crippen LogP contribution in [0.5, 0.6) is 0 Å². The number of hydrogen-bond donors (Lipinski definition) is 3. The fraction of sp³-hybridized carbons (Fsp3) is 1.00. The lowest BCUT2D eigenvalue weighted by molar-refractivity contribution is 0.168. The Morgan fingerprint density at radius 1 is 1.67 bits per heavy atom. The number of aliphatic hydroxyl groups excluding tert-OH is 1. The summed E-state index contributed by atoms with van der Waals surface area (Å²) in [6.45, 7) is 4.04. The van der Waals surface area contributed by atoms with E-state index < -0.39 is 0 Å². The van der Waals surface area contributed by atoms with Gasteiger partial charge in [-0.1, -0.05) is 6.92 Å². The molecule has 1 atom stereocenters. The van der Waals surface area contributed by atoms with Crippen LogP contribution in [0.2, 0.25) is 0 Å². The Hall–Kier alpha value is -0.120. The highest BCUT2D eigenvalue weighted by atomic mass is 16.3. The van der Waals surface area contributed by atoms with Crippen LogP contribution in [-0.2, 0) is 0 Å². The summed E-state index contributed by atoms with van der Waals surface area (Å²) in [6, 6.07) is 0. The van der Waals surface area contributed by atoms with Crippen LogP contribution < -0.4 is 11.1 Å². The third-order valence-corrected chi connectivity index (χ3v) is 1.17. The molecule has 0 radical (unpaired) electrons. The van der Waals surface area contributed by atoms with E-state index >= 15 is 0 Å². The number of rotatable bonds is 5. The van der Waals surface area contributed by atoms with Crippen LogP contribution in [0, 0.1) is 0 Å². The Labute approximate surface area is 56.2 Å². The number of aliphatic hydroxyl groups is 1. The van der Waals surface area contributed by atoms with Gasteiger partial charge in [0, 0.05) is 19.6 Å². The summed E-state index contributed by atoms with van der Waals surface area (Å²) in [5.74, 6) is 0. The van der Waals surface area contributed by atoms with Gasteiger partial charge in [-0.15, -0.1) is 0 Å². The van der Waals surface area contributed by atoms with E-state index in [1.807, 2.05) is 6.92 Å². The van der Waals surface area contributed by atoms with Gasteiger partial charge in [0.1, 0.15) is 0 Å². The Balaban J connectivity index is 2.88. The minimum absolute atomic E-state index is 0.212. The predicted octanol–water partition coefficient (Wildman–Crippen LogP) is -0.694. The smallest absolute Gasteiger partial charge is 0.0662 e. The summed E-state index contributed by atoms with van der Waals surface area (Å²) in [6.07, 6.45) is 0.592. The van der Waals surface area contributed by atoms with E-state index in [0.29, 0.717) is 13.1 Å². The van der Waals surface area contributed by atoms with Crippen LogP contribution in [0.25, 0.3) is 0 Å². The minimum Gasteiger partial charge on any atom is -0.392 e. The number of nitrogens with two attached hydrogens (primary N) is 1. The molecular formula is C6H16N2O. The molecule has 0 saturated carbocycles. The van der Waals surface area contributed by atoms with Crippen LogP contribution in [0.1, 0.15) is 13.3 Å². The first-order chi connectivity index (χ1) is 4.31. The maximum atomic E-state index is 8.98. The highest BCUT2D eigenvalue weighted by Gasteiger charge is 1.96. The maximum absolute atomic E-state index is 8.98. The molecular weight excluding hydrogens is 116 g/mol. The third kappa shape index (κ3) is 5.76. The van der Waals surface area contributed by atoms with Gasteiger partial charge >= 0.3 is 0 Å². The van der Waals surface area contributed by atoms with E-state index in [1.54, 1.807) is 0 Å². The lowest BCUT2D eigenvalue weighted by Gasteiger charge is -2.07. The van der Waals surface area contributed by atoms with Crippen LogP contribution in [0.3, 0.4) is 0 Å². The molecule has 9 heavy (non-hydrogen) atoms. The Kier molecular flexibility index (Phi) is 5.93. The zero-order valence-electron chi connectivity index (χ0n) is 5.93. The van der Waals surface area contributed by atoms with E-state index in [9.17, 15) is 0 Å². The standard InChI is InChI=1S/C6H16N2O/c1-2-6(9)5-8-4-3-7/h6,8-9H,2-5,7H2,1H3. The second-order valence-corrected chi connectivity index (χ2v) is 2.05.